The molecular formula is C15H24N2. The lowest BCUT2D eigenvalue weighted by molar-refractivity contribution is 0.313. The van der Waals surface area contributed by atoms with Crippen LogP contribution >= 0.6 is 0 Å². The zero-order valence-corrected chi connectivity index (χ0v) is 10.9. The van der Waals surface area contributed by atoms with Crippen molar-refractivity contribution in [3.05, 3.63) is 35.4 Å². The summed E-state index contributed by atoms with van der Waals surface area (Å²) in [4.78, 5) is 2.58. The van der Waals surface area contributed by atoms with Crippen molar-refractivity contribution in [1.29, 1.82) is 0 Å². The van der Waals surface area contributed by atoms with Gasteiger partial charge in [0, 0.05) is 19.6 Å². The molecule has 1 fully saturated rings. The Morgan fingerprint density at radius 1 is 1.24 bits per heavy atom. The highest BCUT2D eigenvalue weighted by Crippen LogP contribution is 2.22. The van der Waals surface area contributed by atoms with Gasteiger partial charge in [-0.15, -0.1) is 0 Å². The molecule has 1 aromatic carbocycles. The van der Waals surface area contributed by atoms with Gasteiger partial charge in [0.15, 0.2) is 0 Å². The largest absolute Gasteiger partial charge is 0.326 e. The lowest BCUT2D eigenvalue weighted by Gasteiger charge is -2.16. The molecule has 94 valence electrons. The van der Waals surface area contributed by atoms with E-state index in [0.717, 1.165) is 12.5 Å². The molecule has 1 saturated heterocycles. The Morgan fingerprint density at radius 3 is 2.59 bits per heavy atom. The molecule has 0 saturated carbocycles. The predicted molar refractivity (Wildman–Crippen MR) is 72.6 cm³/mol. The second-order valence-corrected chi connectivity index (χ2v) is 5.20. The van der Waals surface area contributed by atoms with E-state index in [2.05, 4.69) is 36.1 Å². The molecule has 17 heavy (non-hydrogen) atoms. The van der Waals surface area contributed by atoms with Gasteiger partial charge in [-0.1, -0.05) is 37.6 Å². The molecule has 1 aromatic rings. The lowest BCUT2D eigenvalue weighted by Crippen LogP contribution is -2.20. The molecule has 2 N–H and O–H groups in total. The normalized spacial score (nSPS) is 20.9. The van der Waals surface area contributed by atoms with Gasteiger partial charge in [-0.2, -0.15) is 0 Å². The molecule has 0 aliphatic carbocycles. The van der Waals surface area contributed by atoms with Gasteiger partial charge in [-0.25, -0.2) is 0 Å². The minimum atomic E-state index is 0.641. The van der Waals surface area contributed by atoms with E-state index in [0.29, 0.717) is 6.54 Å². The van der Waals surface area contributed by atoms with Crippen molar-refractivity contribution in [3.8, 4) is 0 Å². The van der Waals surface area contributed by atoms with Crippen LogP contribution in [0.15, 0.2) is 24.3 Å². The fraction of sp³-hybridized carbons (Fsp3) is 0.600. The number of rotatable bonds is 5. The topological polar surface area (TPSA) is 29.3 Å². The van der Waals surface area contributed by atoms with E-state index in [9.17, 15) is 0 Å². The average Bonchev–Trinajstić information content (AvgIpc) is 2.78. The van der Waals surface area contributed by atoms with Gasteiger partial charge in [-0.3, -0.25) is 4.90 Å². The van der Waals surface area contributed by atoms with Crippen LogP contribution in [0.3, 0.4) is 0 Å². The van der Waals surface area contributed by atoms with Crippen molar-refractivity contribution in [2.45, 2.75) is 39.3 Å². The number of benzene rings is 1. The van der Waals surface area contributed by atoms with Gasteiger partial charge in [0.05, 0.1) is 0 Å². The van der Waals surface area contributed by atoms with E-state index in [1.807, 2.05) is 0 Å². The number of nitrogens with zero attached hydrogens (tertiary/aromatic N) is 1. The lowest BCUT2D eigenvalue weighted by atomic mass is 10.0. The fourth-order valence-electron chi connectivity index (χ4n) is 2.74. The highest BCUT2D eigenvalue weighted by molar-refractivity contribution is 5.22. The first-order valence-electron chi connectivity index (χ1n) is 6.82. The van der Waals surface area contributed by atoms with E-state index < -0.39 is 0 Å². The molecule has 1 aliphatic rings. The van der Waals surface area contributed by atoms with E-state index in [4.69, 9.17) is 5.73 Å². The summed E-state index contributed by atoms with van der Waals surface area (Å²) in [6.45, 7) is 6.58. The van der Waals surface area contributed by atoms with Gasteiger partial charge in [0.1, 0.15) is 0 Å². The Kier molecular flexibility index (Phi) is 4.57. The predicted octanol–water partition coefficient (Wildman–Crippen LogP) is 2.77. The summed E-state index contributed by atoms with van der Waals surface area (Å²) in [5.41, 5.74) is 8.24. The summed E-state index contributed by atoms with van der Waals surface area (Å²) in [6, 6.07) is 8.73. The Labute approximate surface area is 105 Å². The summed E-state index contributed by atoms with van der Waals surface area (Å²) >= 11 is 0. The summed E-state index contributed by atoms with van der Waals surface area (Å²) in [6.07, 6.45) is 4.10. The first-order valence-corrected chi connectivity index (χ1v) is 6.82. The van der Waals surface area contributed by atoms with E-state index in [1.165, 1.54) is 43.5 Å². The Bertz CT molecular complexity index is 331. The maximum atomic E-state index is 5.60. The van der Waals surface area contributed by atoms with Crippen molar-refractivity contribution in [1.82, 2.24) is 4.90 Å². The number of likely N-dealkylation sites (tertiary alicyclic amines) is 1. The van der Waals surface area contributed by atoms with Crippen molar-refractivity contribution in [3.63, 3.8) is 0 Å². The van der Waals surface area contributed by atoms with Crippen molar-refractivity contribution in [2.24, 2.45) is 11.7 Å². The third kappa shape index (κ3) is 3.55. The van der Waals surface area contributed by atoms with Gasteiger partial charge in [-0.05, 0) is 36.4 Å². The van der Waals surface area contributed by atoms with Gasteiger partial charge < -0.3 is 5.73 Å². The maximum Gasteiger partial charge on any atom is 0.0233 e. The van der Waals surface area contributed by atoms with Crippen LogP contribution in [0, 0.1) is 5.92 Å². The van der Waals surface area contributed by atoms with Crippen LogP contribution in [0.1, 0.15) is 37.3 Å². The zero-order valence-electron chi connectivity index (χ0n) is 10.9. The monoisotopic (exact) mass is 232 g/mol. The molecule has 1 atom stereocenters. The Hall–Kier alpha value is -0.860. The number of hydrogen-bond donors (Lipinski definition) is 1. The zero-order chi connectivity index (χ0) is 12.1. The smallest absolute Gasteiger partial charge is 0.0233 e. The Morgan fingerprint density at radius 2 is 1.94 bits per heavy atom. The van der Waals surface area contributed by atoms with Gasteiger partial charge in [0.2, 0.25) is 0 Å². The Balaban J connectivity index is 1.84. The molecule has 0 bridgehead atoms. The van der Waals surface area contributed by atoms with E-state index in [-0.39, 0.29) is 0 Å². The van der Waals surface area contributed by atoms with Crippen molar-refractivity contribution in [2.75, 3.05) is 13.1 Å². The third-order valence-electron chi connectivity index (χ3n) is 3.73. The van der Waals surface area contributed by atoms with E-state index in [1.54, 1.807) is 0 Å². The highest BCUT2D eigenvalue weighted by atomic mass is 15.1. The summed E-state index contributed by atoms with van der Waals surface area (Å²) < 4.78 is 0. The first kappa shape index (κ1) is 12.6. The van der Waals surface area contributed by atoms with Crippen LogP contribution in [-0.2, 0) is 13.1 Å². The van der Waals surface area contributed by atoms with Gasteiger partial charge in [0.25, 0.3) is 0 Å². The molecule has 0 radical (unpaired) electrons. The molecule has 1 aliphatic heterocycles. The van der Waals surface area contributed by atoms with Crippen LogP contribution < -0.4 is 5.73 Å². The van der Waals surface area contributed by atoms with E-state index >= 15 is 0 Å². The van der Waals surface area contributed by atoms with Crippen LogP contribution in [0.4, 0.5) is 0 Å². The standard InChI is InChI=1S/C15H24N2/c1-2-3-14-8-9-17(11-14)12-15-6-4-13(10-16)5-7-15/h4-7,14H,2-3,8-12,16H2,1H3. The minimum absolute atomic E-state index is 0.641. The fourth-order valence-corrected chi connectivity index (χ4v) is 2.74. The van der Waals surface area contributed by atoms with Crippen LogP contribution in [0.2, 0.25) is 0 Å². The molecule has 1 unspecified atom stereocenters. The summed E-state index contributed by atoms with van der Waals surface area (Å²) in [5.74, 6) is 0.934. The average molecular weight is 232 g/mol. The SMILES string of the molecule is CCCC1CCN(Cc2ccc(CN)cc2)C1. The van der Waals surface area contributed by atoms with Gasteiger partial charge >= 0.3 is 0 Å². The molecule has 2 rings (SSSR count). The second-order valence-electron chi connectivity index (χ2n) is 5.20. The maximum absolute atomic E-state index is 5.60. The van der Waals surface area contributed by atoms with Crippen molar-refractivity contribution >= 4 is 0 Å². The van der Waals surface area contributed by atoms with Crippen molar-refractivity contribution < 1.29 is 0 Å². The minimum Gasteiger partial charge on any atom is -0.326 e. The molecular weight excluding hydrogens is 208 g/mol. The molecule has 0 amide bonds. The molecule has 1 heterocycles. The van der Waals surface area contributed by atoms with Crippen LogP contribution in [0.5, 0.6) is 0 Å². The second kappa shape index (κ2) is 6.18. The molecule has 2 nitrogen and oxygen atoms in total. The molecule has 2 heteroatoms. The first-order chi connectivity index (χ1) is 8.31. The van der Waals surface area contributed by atoms with Crippen LogP contribution in [0.25, 0.3) is 0 Å². The third-order valence-corrected chi connectivity index (χ3v) is 3.73. The quantitative estimate of drug-likeness (QED) is 0.846. The highest BCUT2D eigenvalue weighted by Gasteiger charge is 2.21. The summed E-state index contributed by atoms with van der Waals surface area (Å²) in [7, 11) is 0. The summed E-state index contributed by atoms with van der Waals surface area (Å²) in [5, 5.41) is 0. The molecule has 0 aromatic heterocycles. The number of nitrogens with two attached hydrogens (primary N) is 1. The number of hydrogen-bond acceptors (Lipinski definition) is 2. The molecule has 0 spiro atoms. The van der Waals surface area contributed by atoms with Crippen LogP contribution in [-0.4, -0.2) is 18.0 Å².